The lowest BCUT2D eigenvalue weighted by molar-refractivity contribution is 0.158. The Bertz CT molecular complexity index is 280. The van der Waals surface area contributed by atoms with Crippen LogP contribution >= 0.6 is 0 Å². The van der Waals surface area contributed by atoms with Gasteiger partial charge in [0, 0.05) is 17.7 Å². The van der Waals surface area contributed by atoms with Crippen LogP contribution in [0.2, 0.25) is 0 Å². The van der Waals surface area contributed by atoms with E-state index in [4.69, 9.17) is 9.94 Å². The van der Waals surface area contributed by atoms with Gasteiger partial charge in [0.25, 0.3) is 0 Å². The summed E-state index contributed by atoms with van der Waals surface area (Å²) in [6.07, 6.45) is 0. The number of aromatic hydroxyl groups is 1. The molecule has 0 saturated heterocycles. The lowest BCUT2D eigenvalue weighted by Crippen LogP contribution is -2.08. The molecule has 3 N–H and O–H groups in total. The summed E-state index contributed by atoms with van der Waals surface area (Å²) in [7, 11) is 1.37. The molecule has 0 bridgehead atoms. The first kappa shape index (κ1) is 9.76. The molecule has 0 fully saturated rings. The van der Waals surface area contributed by atoms with Gasteiger partial charge in [-0.3, -0.25) is 0 Å². The second kappa shape index (κ2) is 4.06. The average Bonchev–Trinajstić information content (AvgIpc) is 2.11. The first-order valence-electron chi connectivity index (χ1n) is 3.61. The zero-order valence-electron chi connectivity index (χ0n) is 7.04. The number of ether oxygens (including phenoxy) is 1. The van der Waals surface area contributed by atoms with Crippen LogP contribution in [0.15, 0.2) is 12.1 Å². The van der Waals surface area contributed by atoms with Gasteiger partial charge in [0.15, 0.2) is 0 Å². The van der Waals surface area contributed by atoms with Crippen LogP contribution < -0.4 is 10.2 Å². The van der Waals surface area contributed by atoms with Crippen LogP contribution in [-0.4, -0.2) is 17.4 Å². The van der Waals surface area contributed by atoms with Crippen molar-refractivity contribution in [2.75, 3.05) is 7.11 Å². The van der Waals surface area contributed by atoms with E-state index in [0.717, 1.165) is 6.07 Å². The molecule has 5 heteroatoms. The van der Waals surface area contributed by atoms with Crippen LogP contribution in [0.1, 0.15) is 5.56 Å². The van der Waals surface area contributed by atoms with Gasteiger partial charge in [-0.2, -0.15) is 0 Å². The monoisotopic (exact) mass is 187 g/mol. The number of phenols is 1. The molecule has 1 aromatic carbocycles. The molecule has 0 radical (unpaired) electrons. The molecule has 0 aliphatic heterocycles. The Balaban J connectivity index is 3.07. The van der Waals surface area contributed by atoms with Gasteiger partial charge in [0.1, 0.15) is 17.3 Å². The molecule has 1 rings (SSSR count). The maximum absolute atomic E-state index is 13.1. The van der Waals surface area contributed by atoms with Crippen molar-refractivity contribution in [3.05, 3.63) is 23.5 Å². The zero-order valence-corrected chi connectivity index (χ0v) is 7.04. The molecule has 0 amide bonds. The van der Waals surface area contributed by atoms with E-state index in [0.29, 0.717) is 0 Å². The third-order valence-electron chi connectivity index (χ3n) is 1.64. The summed E-state index contributed by atoms with van der Waals surface area (Å²) >= 11 is 0. The summed E-state index contributed by atoms with van der Waals surface area (Å²) in [5, 5.41) is 17.6. The Hall–Kier alpha value is -1.33. The number of hydroxylamine groups is 1. The number of halogens is 1. The van der Waals surface area contributed by atoms with Crippen molar-refractivity contribution in [2.45, 2.75) is 6.54 Å². The van der Waals surface area contributed by atoms with E-state index < -0.39 is 5.82 Å². The number of methoxy groups -OCH3 is 1. The van der Waals surface area contributed by atoms with Gasteiger partial charge in [-0.15, -0.1) is 0 Å². The highest BCUT2D eigenvalue weighted by atomic mass is 19.1. The number of benzene rings is 1. The average molecular weight is 187 g/mol. The van der Waals surface area contributed by atoms with Gasteiger partial charge in [-0.05, 0) is 0 Å². The van der Waals surface area contributed by atoms with E-state index in [-0.39, 0.29) is 23.6 Å². The number of phenolic OH excluding ortho intramolecular Hbond substituents is 1. The van der Waals surface area contributed by atoms with Crippen molar-refractivity contribution in [3.63, 3.8) is 0 Å². The topological polar surface area (TPSA) is 61.7 Å². The first-order chi connectivity index (χ1) is 6.19. The number of hydrogen-bond acceptors (Lipinski definition) is 4. The van der Waals surface area contributed by atoms with Crippen LogP contribution in [0.3, 0.4) is 0 Å². The fraction of sp³-hybridized carbons (Fsp3) is 0.250. The van der Waals surface area contributed by atoms with Gasteiger partial charge < -0.3 is 15.1 Å². The Morgan fingerprint density at radius 2 is 2.23 bits per heavy atom. The van der Waals surface area contributed by atoms with Crippen molar-refractivity contribution < 1.29 is 19.4 Å². The summed E-state index contributed by atoms with van der Waals surface area (Å²) in [6.45, 7) is -0.151. The first-order valence-corrected chi connectivity index (χ1v) is 3.61. The van der Waals surface area contributed by atoms with E-state index in [9.17, 15) is 9.50 Å². The van der Waals surface area contributed by atoms with Gasteiger partial charge in [0.05, 0.1) is 13.7 Å². The van der Waals surface area contributed by atoms with E-state index in [1.807, 2.05) is 0 Å². The van der Waals surface area contributed by atoms with Crippen LogP contribution in [-0.2, 0) is 6.54 Å². The Morgan fingerprint density at radius 1 is 1.54 bits per heavy atom. The number of hydrogen-bond donors (Lipinski definition) is 3. The molecule has 0 atom stereocenters. The Labute approximate surface area is 74.5 Å². The minimum atomic E-state index is -0.626. The van der Waals surface area contributed by atoms with Crippen LogP contribution in [0.4, 0.5) is 4.39 Å². The molecule has 13 heavy (non-hydrogen) atoms. The largest absolute Gasteiger partial charge is 0.507 e. The summed E-state index contributed by atoms with van der Waals surface area (Å²) in [5.41, 5.74) is 1.77. The standard InChI is InChI=1S/C8H10FNO3/c1-13-5-2-7(9)6(4-10-12)8(11)3-5/h2-3,10-12H,4H2,1H3. The summed E-state index contributed by atoms with van der Waals surface area (Å²) < 4.78 is 17.8. The predicted molar refractivity (Wildman–Crippen MR) is 43.2 cm³/mol. The molecular weight excluding hydrogens is 177 g/mol. The quantitative estimate of drug-likeness (QED) is 0.618. The molecule has 0 aliphatic carbocycles. The van der Waals surface area contributed by atoms with Crippen molar-refractivity contribution in [3.8, 4) is 11.5 Å². The fourth-order valence-electron chi connectivity index (χ4n) is 0.970. The molecule has 0 aromatic heterocycles. The SMILES string of the molecule is COc1cc(O)c(CNO)c(F)c1. The number of nitrogens with one attached hydrogen (secondary N) is 1. The summed E-state index contributed by atoms with van der Waals surface area (Å²) in [6, 6.07) is 2.40. The minimum Gasteiger partial charge on any atom is -0.507 e. The van der Waals surface area contributed by atoms with E-state index >= 15 is 0 Å². The van der Waals surface area contributed by atoms with Gasteiger partial charge in [-0.25, -0.2) is 9.87 Å². The predicted octanol–water partition coefficient (Wildman–Crippen LogP) is 1.02. The summed E-state index contributed by atoms with van der Waals surface area (Å²) in [5.74, 6) is -0.645. The highest BCUT2D eigenvalue weighted by molar-refractivity contribution is 5.40. The highest BCUT2D eigenvalue weighted by Crippen LogP contribution is 2.26. The maximum atomic E-state index is 13.1. The molecule has 1 aromatic rings. The van der Waals surface area contributed by atoms with Gasteiger partial charge in [0.2, 0.25) is 0 Å². The Morgan fingerprint density at radius 3 is 2.69 bits per heavy atom. The number of rotatable bonds is 3. The fourth-order valence-corrected chi connectivity index (χ4v) is 0.970. The van der Waals surface area contributed by atoms with Gasteiger partial charge >= 0.3 is 0 Å². The smallest absolute Gasteiger partial charge is 0.135 e. The third kappa shape index (κ3) is 2.07. The molecule has 0 saturated carbocycles. The Kier molecular flexibility index (Phi) is 3.05. The lowest BCUT2D eigenvalue weighted by Gasteiger charge is -2.07. The summed E-state index contributed by atoms with van der Waals surface area (Å²) in [4.78, 5) is 0. The third-order valence-corrected chi connectivity index (χ3v) is 1.64. The van der Waals surface area contributed by atoms with Crippen molar-refractivity contribution in [1.82, 2.24) is 5.48 Å². The second-order valence-corrected chi connectivity index (χ2v) is 2.44. The van der Waals surface area contributed by atoms with Crippen molar-refractivity contribution >= 4 is 0 Å². The molecule has 0 heterocycles. The molecule has 4 nitrogen and oxygen atoms in total. The van der Waals surface area contributed by atoms with Crippen molar-refractivity contribution in [2.24, 2.45) is 0 Å². The molecule has 0 aliphatic rings. The van der Waals surface area contributed by atoms with Crippen LogP contribution in [0, 0.1) is 5.82 Å². The van der Waals surface area contributed by atoms with Gasteiger partial charge in [-0.1, -0.05) is 0 Å². The van der Waals surface area contributed by atoms with Crippen LogP contribution in [0.25, 0.3) is 0 Å². The molecular formula is C8H10FNO3. The second-order valence-electron chi connectivity index (χ2n) is 2.44. The van der Waals surface area contributed by atoms with E-state index in [2.05, 4.69) is 0 Å². The lowest BCUT2D eigenvalue weighted by atomic mass is 10.2. The van der Waals surface area contributed by atoms with Crippen LogP contribution in [0.5, 0.6) is 11.5 Å². The van der Waals surface area contributed by atoms with Crippen molar-refractivity contribution in [1.29, 1.82) is 0 Å². The molecule has 0 spiro atoms. The molecule has 0 unspecified atom stereocenters. The van der Waals surface area contributed by atoms with E-state index in [1.165, 1.54) is 13.2 Å². The maximum Gasteiger partial charge on any atom is 0.135 e. The zero-order chi connectivity index (χ0) is 9.84. The van der Waals surface area contributed by atoms with E-state index in [1.54, 1.807) is 5.48 Å². The minimum absolute atomic E-state index is 0.00306. The normalized spacial score (nSPS) is 10.1. The highest BCUT2D eigenvalue weighted by Gasteiger charge is 2.09. The molecule has 72 valence electrons.